The highest BCUT2D eigenvalue weighted by molar-refractivity contribution is 6.30. The monoisotopic (exact) mass is 515 g/mol. The van der Waals surface area contributed by atoms with E-state index in [2.05, 4.69) is 15.5 Å². The zero-order valence-electron chi connectivity index (χ0n) is 20.7. The summed E-state index contributed by atoms with van der Waals surface area (Å²) >= 11 is 5.94. The minimum Gasteiger partial charge on any atom is -0.361 e. The molecule has 1 atom stereocenters. The molecule has 0 aromatic heterocycles. The summed E-state index contributed by atoms with van der Waals surface area (Å²) in [4.78, 5) is 45.2. The van der Waals surface area contributed by atoms with Gasteiger partial charge in [0.2, 0.25) is 5.91 Å². The van der Waals surface area contributed by atoms with E-state index in [1.54, 1.807) is 29.3 Å². The van der Waals surface area contributed by atoms with Gasteiger partial charge in [0, 0.05) is 50.1 Å². The Balaban J connectivity index is 1.20. The predicted molar refractivity (Wildman–Crippen MR) is 136 cm³/mol. The van der Waals surface area contributed by atoms with Crippen molar-refractivity contribution in [3.05, 3.63) is 41.2 Å². The fourth-order valence-electron chi connectivity index (χ4n) is 5.61. The first-order chi connectivity index (χ1) is 17.4. The van der Waals surface area contributed by atoms with Gasteiger partial charge in [-0.3, -0.25) is 9.59 Å². The second-order valence-electron chi connectivity index (χ2n) is 10.1. The van der Waals surface area contributed by atoms with Crippen LogP contribution >= 0.6 is 11.6 Å². The Morgan fingerprint density at radius 1 is 1.00 bits per heavy atom. The second kappa shape index (κ2) is 10.6. The number of anilines is 1. The molecule has 3 fully saturated rings. The molecule has 1 aromatic carbocycles. The summed E-state index contributed by atoms with van der Waals surface area (Å²) in [5, 5.41) is 10.2. The van der Waals surface area contributed by atoms with Gasteiger partial charge in [0.15, 0.2) is 0 Å². The van der Waals surface area contributed by atoms with E-state index in [-0.39, 0.29) is 23.8 Å². The number of hydrazine groups is 1. The summed E-state index contributed by atoms with van der Waals surface area (Å²) in [7, 11) is 1.96. The third-order valence-electron chi connectivity index (χ3n) is 7.52. The second-order valence-corrected chi connectivity index (χ2v) is 10.5. The number of fused-ring (bicyclic) bond motifs is 1. The fraction of sp³-hybridized carbons (Fsp3) is 0.560. The van der Waals surface area contributed by atoms with E-state index in [1.165, 1.54) is 6.42 Å². The van der Waals surface area contributed by atoms with Gasteiger partial charge >= 0.3 is 6.03 Å². The topological polar surface area (TPSA) is 91.5 Å². The van der Waals surface area contributed by atoms with Crippen molar-refractivity contribution in [2.75, 3.05) is 51.9 Å². The van der Waals surface area contributed by atoms with Crippen LogP contribution < -0.4 is 10.6 Å². The molecule has 5 rings (SSSR count). The van der Waals surface area contributed by atoms with Crippen molar-refractivity contribution in [3.8, 4) is 0 Å². The molecule has 4 aliphatic rings. The van der Waals surface area contributed by atoms with Gasteiger partial charge in [-0.2, -0.15) is 0 Å². The molecule has 10 nitrogen and oxygen atoms in total. The first-order valence-electron chi connectivity index (χ1n) is 12.7. The zero-order valence-corrected chi connectivity index (χ0v) is 21.4. The van der Waals surface area contributed by atoms with Gasteiger partial charge in [-0.15, -0.1) is 0 Å². The van der Waals surface area contributed by atoms with Crippen LogP contribution in [-0.4, -0.2) is 95.2 Å². The highest BCUT2D eigenvalue weighted by Crippen LogP contribution is 2.29. The number of carbonyl (C=O) groups excluding carboxylic acids is 3. The summed E-state index contributed by atoms with van der Waals surface area (Å²) in [6.45, 7) is 3.46. The molecule has 11 heteroatoms. The van der Waals surface area contributed by atoms with Crippen LogP contribution in [0.25, 0.3) is 0 Å². The maximum atomic E-state index is 13.7. The van der Waals surface area contributed by atoms with Crippen molar-refractivity contribution in [3.63, 3.8) is 0 Å². The lowest BCUT2D eigenvalue weighted by Gasteiger charge is -2.41. The lowest BCUT2D eigenvalue weighted by atomic mass is 9.83. The quantitative estimate of drug-likeness (QED) is 0.625. The van der Waals surface area contributed by atoms with Gasteiger partial charge in [0.1, 0.15) is 18.4 Å². The molecule has 1 saturated carbocycles. The lowest BCUT2D eigenvalue weighted by Crippen LogP contribution is -2.60. The summed E-state index contributed by atoms with van der Waals surface area (Å²) in [5.74, 6) is 0.0989. The van der Waals surface area contributed by atoms with Crippen LogP contribution in [0.4, 0.5) is 10.5 Å². The van der Waals surface area contributed by atoms with Crippen molar-refractivity contribution >= 4 is 35.1 Å². The molecule has 2 saturated heterocycles. The average molecular weight is 516 g/mol. The van der Waals surface area contributed by atoms with Gasteiger partial charge in [-0.25, -0.2) is 14.8 Å². The predicted octanol–water partition coefficient (Wildman–Crippen LogP) is 2.32. The largest absolute Gasteiger partial charge is 0.361 e. The minimum atomic E-state index is -0.566. The van der Waals surface area contributed by atoms with E-state index < -0.39 is 6.04 Å². The summed E-state index contributed by atoms with van der Waals surface area (Å²) in [6.07, 6.45) is 7.05. The van der Waals surface area contributed by atoms with Crippen molar-refractivity contribution in [2.45, 2.75) is 38.1 Å². The van der Waals surface area contributed by atoms with E-state index in [1.807, 2.05) is 28.1 Å². The van der Waals surface area contributed by atoms with Crippen LogP contribution in [0.2, 0.25) is 5.02 Å². The van der Waals surface area contributed by atoms with Gasteiger partial charge in [0.25, 0.3) is 5.91 Å². The number of urea groups is 1. The molecule has 3 aliphatic heterocycles. The smallest absolute Gasteiger partial charge is 0.319 e. The van der Waals surface area contributed by atoms with Crippen molar-refractivity contribution < 1.29 is 14.4 Å². The van der Waals surface area contributed by atoms with Crippen LogP contribution in [0.5, 0.6) is 0 Å². The van der Waals surface area contributed by atoms with Crippen molar-refractivity contribution in [1.29, 1.82) is 0 Å². The molecule has 36 heavy (non-hydrogen) atoms. The Bertz CT molecular complexity index is 1020. The molecule has 2 N–H and O–H groups in total. The van der Waals surface area contributed by atoms with E-state index in [9.17, 15) is 14.4 Å². The van der Waals surface area contributed by atoms with Crippen LogP contribution in [0.3, 0.4) is 0 Å². The summed E-state index contributed by atoms with van der Waals surface area (Å²) in [5.41, 5.74) is 1.35. The number of hydrogen-bond donors (Lipinski definition) is 2. The SMILES string of the molecule is CN1C=C2C(=O)N(N3CCN(C(=O)[C@H](NC(=O)Nc4ccc(Cl)cc4)C4CCCCC4)CC3)CN2C1. The first kappa shape index (κ1) is 24.7. The maximum absolute atomic E-state index is 13.7. The van der Waals surface area contributed by atoms with Gasteiger partial charge in [0.05, 0.1) is 6.67 Å². The van der Waals surface area contributed by atoms with E-state index in [4.69, 9.17) is 11.6 Å². The highest BCUT2D eigenvalue weighted by atomic mass is 35.5. The molecule has 3 heterocycles. The standard InChI is InChI=1S/C25H34ClN7O3/c1-29-15-21-23(34)33(17-31(21)16-29)32-13-11-30(12-14-32)24(35)22(18-5-3-2-4-6-18)28-25(36)27-20-9-7-19(26)8-10-20/h7-10,15,18,22H,2-6,11-14,16-17H2,1H3,(H2,27,28,36)/t22-/m1/s1. The first-order valence-corrected chi connectivity index (χ1v) is 13.1. The average Bonchev–Trinajstić information content (AvgIpc) is 3.40. The Hall–Kier alpha value is -2.98. The number of nitrogens with zero attached hydrogens (tertiary/aromatic N) is 5. The molecule has 0 spiro atoms. The van der Waals surface area contributed by atoms with E-state index >= 15 is 0 Å². The number of carbonyl (C=O) groups is 3. The lowest BCUT2D eigenvalue weighted by molar-refractivity contribution is -0.149. The molecule has 4 amide bonds. The third-order valence-corrected chi connectivity index (χ3v) is 7.77. The Kier molecular flexibility index (Phi) is 7.25. The van der Waals surface area contributed by atoms with Crippen molar-refractivity contribution in [2.24, 2.45) is 5.92 Å². The maximum Gasteiger partial charge on any atom is 0.319 e. The highest BCUT2D eigenvalue weighted by Gasteiger charge is 2.41. The molecule has 0 radical (unpaired) electrons. The van der Waals surface area contributed by atoms with Gasteiger partial charge in [-0.05, 0) is 43.0 Å². The number of piperazine rings is 1. The van der Waals surface area contributed by atoms with Gasteiger partial charge < -0.3 is 25.3 Å². The van der Waals surface area contributed by atoms with Crippen LogP contribution in [0.1, 0.15) is 32.1 Å². The summed E-state index contributed by atoms with van der Waals surface area (Å²) in [6, 6.07) is 5.94. The fourth-order valence-corrected chi connectivity index (χ4v) is 5.73. The molecular weight excluding hydrogens is 482 g/mol. The molecule has 0 unspecified atom stereocenters. The Morgan fingerprint density at radius 3 is 2.36 bits per heavy atom. The van der Waals surface area contributed by atoms with Crippen molar-refractivity contribution in [1.82, 2.24) is 30.0 Å². The zero-order chi connectivity index (χ0) is 25.2. The molecule has 0 bridgehead atoms. The number of benzene rings is 1. The normalized spacial score (nSPS) is 21.9. The number of nitrogens with one attached hydrogen (secondary N) is 2. The van der Waals surface area contributed by atoms with E-state index in [0.717, 1.165) is 31.4 Å². The number of rotatable bonds is 5. The number of hydrogen-bond acceptors (Lipinski definition) is 6. The van der Waals surface area contributed by atoms with Crippen LogP contribution in [0, 0.1) is 5.92 Å². The molecular formula is C25H34ClN7O3. The summed E-state index contributed by atoms with van der Waals surface area (Å²) < 4.78 is 0. The Labute approximate surface area is 216 Å². The Morgan fingerprint density at radius 2 is 1.69 bits per heavy atom. The minimum absolute atomic E-state index is 0.0137. The third kappa shape index (κ3) is 5.24. The molecule has 194 valence electrons. The molecule has 1 aliphatic carbocycles. The number of amides is 4. The van der Waals surface area contributed by atoms with Gasteiger partial charge in [-0.1, -0.05) is 30.9 Å². The van der Waals surface area contributed by atoms with Crippen LogP contribution in [0.15, 0.2) is 36.2 Å². The van der Waals surface area contributed by atoms with Crippen LogP contribution in [-0.2, 0) is 9.59 Å². The number of halogens is 1. The van der Waals surface area contributed by atoms with E-state index in [0.29, 0.717) is 50.2 Å². The molecule has 1 aromatic rings.